The van der Waals surface area contributed by atoms with Gasteiger partial charge in [0, 0.05) is 19.7 Å². The van der Waals surface area contributed by atoms with E-state index < -0.39 is 0 Å². The molecule has 0 aromatic carbocycles. The van der Waals surface area contributed by atoms with Crippen LogP contribution in [-0.2, 0) is 4.74 Å². The Morgan fingerprint density at radius 2 is 2.50 bits per heavy atom. The van der Waals surface area contributed by atoms with Crippen LogP contribution in [0.4, 0.5) is 0 Å². The zero-order valence-electron chi connectivity index (χ0n) is 6.42. The summed E-state index contributed by atoms with van der Waals surface area (Å²) >= 11 is 0. The maximum Gasteiger partial charge on any atom is 0.0995 e. The molecule has 0 saturated carbocycles. The Labute approximate surface area is 61.6 Å². The fraction of sp³-hybridized carbons (Fsp3) is 1.00. The average molecular weight is 145 g/mol. The number of hydrogen-bond donors (Lipinski definition) is 1. The highest BCUT2D eigenvalue weighted by atomic mass is 16.5. The summed E-state index contributed by atoms with van der Waals surface area (Å²) < 4.78 is 5.31. The summed E-state index contributed by atoms with van der Waals surface area (Å²) in [6.45, 7) is 5.06. The lowest BCUT2D eigenvalue weighted by molar-refractivity contribution is 0.0969. The van der Waals surface area contributed by atoms with E-state index >= 15 is 0 Å². The summed E-state index contributed by atoms with van der Waals surface area (Å²) in [6, 6.07) is 0. The summed E-state index contributed by atoms with van der Waals surface area (Å²) in [5.41, 5.74) is 0. The van der Waals surface area contributed by atoms with E-state index in [-0.39, 0.29) is 6.61 Å². The molecule has 1 N–H and O–H groups in total. The molecular weight excluding hydrogens is 130 g/mol. The van der Waals surface area contributed by atoms with E-state index in [2.05, 4.69) is 11.8 Å². The molecule has 1 fully saturated rings. The van der Waals surface area contributed by atoms with E-state index in [4.69, 9.17) is 9.84 Å². The van der Waals surface area contributed by atoms with Gasteiger partial charge in [0.25, 0.3) is 0 Å². The normalized spacial score (nSPS) is 27.6. The Kier molecular flexibility index (Phi) is 3.12. The number of aliphatic hydroxyl groups excluding tert-OH is 1. The molecule has 1 saturated heterocycles. The molecule has 1 unspecified atom stereocenters. The van der Waals surface area contributed by atoms with Crippen LogP contribution in [-0.4, -0.2) is 42.5 Å². The fourth-order valence-corrected chi connectivity index (χ4v) is 1.15. The number of hydrogen-bond acceptors (Lipinski definition) is 3. The first-order valence-corrected chi connectivity index (χ1v) is 3.77. The van der Waals surface area contributed by atoms with Gasteiger partial charge in [0.15, 0.2) is 0 Å². The summed E-state index contributed by atoms with van der Waals surface area (Å²) in [4.78, 5) is 2.21. The highest BCUT2D eigenvalue weighted by molar-refractivity contribution is 4.65. The first-order valence-electron chi connectivity index (χ1n) is 3.77. The molecule has 1 heterocycles. The van der Waals surface area contributed by atoms with Crippen molar-refractivity contribution < 1.29 is 9.84 Å². The number of aliphatic hydroxyl groups is 1. The van der Waals surface area contributed by atoms with Crippen LogP contribution in [0.15, 0.2) is 0 Å². The topological polar surface area (TPSA) is 32.7 Å². The van der Waals surface area contributed by atoms with Gasteiger partial charge in [0.1, 0.15) is 0 Å². The van der Waals surface area contributed by atoms with E-state index in [0.717, 1.165) is 26.2 Å². The Balaban J connectivity index is 2.06. The van der Waals surface area contributed by atoms with Crippen molar-refractivity contribution in [2.45, 2.75) is 19.4 Å². The van der Waals surface area contributed by atoms with E-state index in [1.165, 1.54) is 0 Å². The van der Waals surface area contributed by atoms with Crippen molar-refractivity contribution in [2.24, 2.45) is 0 Å². The summed E-state index contributed by atoms with van der Waals surface area (Å²) in [5, 5.41) is 8.53. The van der Waals surface area contributed by atoms with Crippen molar-refractivity contribution in [1.29, 1.82) is 0 Å². The monoisotopic (exact) mass is 145 g/mol. The smallest absolute Gasteiger partial charge is 0.0995 e. The quantitative estimate of drug-likeness (QED) is 0.609. The van der Waals surface area contributed by atoms with Crippen LogP contribution in [0.2, 0.25) is 0 Å². The second-order valence-corrected chi connectivity index (χ2v) is 2.76. The summed E-state index contributed by atoms with van der Waals surface area (Å²) in [6.07, 6.45) is 1.23. The molecule has 0 amide bonds. The Morgan fingerprint density at radius 1 is 1.70 bits per heavy atom. The molecule has 1 aliphatic rings. The van der Waals surface area contributed by atoms with Crippen LogP contribution in [0.3, 0.4) is 0 Å². The highest BCUT2D eigenvalue weighted by Crippen LogP contribution is 2.06. The Hall–Kier alpha value is -0.120. The van der Waals surface area contributed by atoms with E-state index in [1.54, 1.807) is 0 Å². The molecule has 0 radical (unpaired) electrons. The second kappa shape index (κ2) is 3.91. The van der Waals surface area contributed by atoms with Crippen LogP contribution in [0, 0.1) is 0 Å². The summed E-state index contributed by atoms with van der Waals surface area (Å²) in [5.74, 6) is 0. The predicted octanol–water partition coefficient (Wildman–Crippen LogP) is 0.0470. The molecule has 1 rings (SSSR count). The molecule has 0 aromatic heterocycles. The van der Waals surface area contributed by atoms with E-state index in [9.17, 15) is 0 Å². The van der Waals surface area contributed by atoms with Crippen LogP contribution in [0.1, 0.15) is 13.3 Å². The molecule has 0 spiro atoms. The second-order valence-electron chi connectivity index (χ2n) is 2.76. The number of ether oxygens (including phenoxy) is 1. The van der Waals surface area contributed by atoms with Crippen molar-refractivity contribution in [3.8, 4) is 0 Å². The third-order valence-electron chi connectivity index (χ3n) is 1.69. The van der Waals surface area contributed by atoms with Gasteiger partial charge < -0.3 is 9.84 Å². The standard InChI is InChI=1S/C7H15NO2/c1-7-5-8(6-10-7)3-2-4-9/h7,9H,2-6H2,1H3. The van der Waals surface area contributed by atoms with Crippen molar-refractivity contribution in [1.82, 2.24) is 4.90 Å². The van der Waals surface area contributed by atoms with Crippen LogP contribution in [0.25, 0.3) is 0 Å². The molecular formula is C7H15NO2. The maximum absolute atomic E-state index is 8.53. The first kappa shape index (κ1) is 7.98. The summed E-state index contributed by atoms with van der Waals surface area (Å²) in [7, 11) is 0. The molecule has 10 heavy (non-hydrogen) atoms. The lowest BCUT2D eigenvalue weighted by Gasteiger charge is -2.10. The zero-order chi connectivity index (χ0) is 7.40. The van der Waals surface area contributed by atoms with E-state index in [1.807, 2.05) is 0 Å². The Bertz CT molecular complexity index is 97.6. The third-order valence-corrected chi connectivity index (χ3v) is 1.69. The molecule has 0 aliphatic carbocycles. The number of nitrogens with zero attached hydrogens (tertiary/aromatic N) is 1. The SMILES string of the molecule is CC1CN(CCCO)CO1. The largest absolute Gasteiger partial charge is 0.396 e. The lowest BCUT2D eigenvalue weighted by Crippen LogP contribution is -2.23. The molecule has 1 aliphatic heterocycles. The van der Waals surface area contributed by atoms with Gasteiger partial charge in [-0.25, -0.2) is 0 Å². The Morgan fingerprint density at radius 3 is 3.00 bits per heavy atom. The van der Waals surface area contributed by atoms with Crippen molar-refractivity contribution >= 4 is 0 Å². The minimum absolute atomic E-state index is 0.283. The van der Waals surface area contributed by atoms with Gasteiger partial charge >= 0.3 is 0 Å². The minimum atomic E-state index is 0.283. The molecule has 0 bridgehead atoms. The van der Waals surface area contributed by atoms with Crippen molar-refractivity contribution in [2.75, 3.05) is 26.4 Å². The predicted molar refractivity (Wildman–Crippen MR) is 38.7 cm³/mol. The lowest BCUT2D eigenvalue weighted by atomic mass is 10.3. The molecule has 60 valence electrons. The van der Waals surface area contributed by atoms with Gasteiger partial charge in [-0.1, -0.05) is 0 Å². The van der Waals surface area contributed by atoms with Gasteiger partial charge in [-0.3, -0.25) is 4.90 Å². The van der Waals surface area contributed by atoms with Crippen molar-refractivity contribution in [3.05, 3.63) is 0 Å². The molecule has 3 nitrogen and oxygen atoms in total. The van der Waals surface area contributed by atoms with Crippen LogP contribution < -0.4 is 0 Å². The molecule has 3 heteroatoms. The van der Waals surface area contributed by atoms with Crippen molar-refractivity contribution in [3.63, 3.8) is 0 Å². The third kappa shape index (κ3) is 2.25. The first-order chi connectivity index (χ1) is 4.83. The van der Waals surface area contributed by atoms with Crippen LogP contribution in [0.5, 0.6) is 0 Å². The van der Waals surface area contributed by atoms with Gasteiger partial charge in [-0.05, 0) is 13.3 Å². The van der Waals surface area contributed by atoms with Gasteiger partial charge in [-0.2, -0.15) is 0 Å². The average Bonchev–Trinajstić information content (AvgIpc) is 2.31. The van der Waals surface area contributed by atoms with E-state index in [0.29, 0.717) is 6.10 Å². The maximum atomic E-state index is 8.53. The van der Waals surface area contributed by atoms with Crippen LogP contribution >= 0.6 is 0 Å². The van der Waals surface area contributed by atoms with Gasteiger partial charge in [-0.15, -0.1) is 0 Å². The number of rotatable bonds is 3. The fourth-order valence-electron chi connectivity index (χ4n) is 1.15. The van der Waals surface area contributed by atoms with Gasteiger partial charge in [0.05, 0.1) is 12.8 Å². The zero-order valence-corrected chi connectivity index (χ0v) is 6.42. The highest BCUT2D eigenvalue weighted by Gasteiger charge is 2.17. The molecule has 0 aromatic rings. The van der Waals surface area contributed by atoms with Gasteiger partial charge in [0.2, 0.25) is 0 Å². The minimum Gasteiger partial charge on any atom is -0.396 e. The molecule has 1 atom stereocenters.